The summed E-state index contributed by atoms with van der Waals surface area (Å²) in [5.74, 6) is 0.702. The van der Waals surface area contributed by atoms with Gasteiger partial charge < -0.3 is 14.8 Å². The third-order valence-electron chi connectivity index (χ3n) is 3.59. The normalized spacial score (nSPS) is 37.0. The Morgan fingerprint density at radius 1 is 1.07 bits per heavy atom. The van der Waals surface area contributed by atoms with E-state index in [0.717, 1.165) is 26.3 Å². The number of hydrogen-bond donors (Lipinski definition) is 1. The Hall–Kier alpha value is -0.120. The summed E-state index contributed by atoms with van der Waals surface area (Å²) in [6, 6.07) is 0. The second-order valence-corrected chi connectivity index (χ2v) is 4.77. The Labute approximate surface area is 92.5 Å². The molecule has 0 aromatic rings. The Balaban J connectivity index is 1.57. The highest BCUT2D eigenvalue weighted by molar-refractivity contribution is 4.75. The first-order valence-electron chi connectivity index (χ1n) is 6.30. The molecule has 2 rings (SSSR count). The van der Waals surface area contributed by atoms with Gasteiger partial charge in [-0.3, -0.25) is 0 Å². The smallest absolute Gasteiger partial charge is 0.0699 e. The minimum Gasteiger partial charge on any atom is -0.378 e. The van der Waals surface area contributed by atoms with Crippen molar-refractivity contribution in [2.24, 2.45) is 5.92 Å². The summed E-state index contributed by atoms with van der Waals surface area (Å²) in [4.78, 5) is 0. The lowest BCUT2D eigenvalue weighted by Crippen LogP contribution is -2.35. The maximum absolute atomic E-state index is 5.68. The maximum Gasteiger partial charge on any atom is 0.0699 e. The molecule has 2 aliphatic heterocycles. The van der Waals surface area contributed by atoms with Crippen molar-refractivity contribution in [3.8, 4) is 0 Å². The highest BCUT2D eigenvalue weighted by Crippen LogP contribution is 2.19. The summed E-state index contributed by atoms with van der Waals surface area (Å²) < 4.78 is 11.2. The molecule has 0 aliphatic carbocycles. The quantitative estimate of drug-likeness (QED) is 0.769. The second-order valence-electron chi connectivity index (χ2n) is 4.77. The van der Waals surface area contributed by atoms with Gasteiger partial charge in [-0.25, -0.2) is 0 Å². The van der Waals surface area contributed by atoms with E-state index in [9.17, 15) is 0 Å². The van der Waals surface area contributed by atoms with E-state index in [0.29, 0.717) is 18.1 Å². The Morgan fingerprint density at radius 3 is 2.67 bits per heavy atom. The van der Waals surface area contributed by atoms with Gasteiger partial charge in [0.15, 0.2) is 0 Å². The molecule has 0 spiro atoms. The van der Waals surface area contributed by atoms with Crippen LogP contribution in [0.2, 0.25) is 0 Å². The fraction of sp³-hybridized carbons (Fsp3) is 1.00. The maximum atomic E-state index is 5.68. The van der Waals surface area contributed by atoms with Crippen LogP contribution in [0.1, 0.15) is 32.6 Å². The van der Waals surface area contributed by atoms with Gasteiger partial charge in [0, 0.05) is 26.3 Å². The standard InChI is InChI=1S/C12H23NO2/c1-10-11(5-7-14-10)8-13-9-12-4-2-3-6-15-12/h10-13H,2-9H2,1H3. The summed E-state index contributed by atoms with van der Waals surface area (Å²) >= 11 is 0. The topological polar surface area (TPSA) is 30.5 Å². The molecule has 3 nitrogen and oxygen atoms in total. The molecule has 88 valence electrons. The molecule has 2 saturated heterocycles. The van der Waals surface area contributed by atoms with Crippen LogP contribution in [-0.2, 0) is 9.47 Å². The third kappa shape index (κ3) is 3.44. The van der Waals surface area contributed by atoms with Crippen LogP contribution in [0.15, 0.2) is 0 Å². The second kappa shape index (κ2) is 5.83. The predicted molar refractivity (Wildman–Crippen MR) is 60.0 cm³/mol. The van der Waals surface area contributed by atoms with Crippen molar-refractivity contribution in [1.29, 1.82) is 0 Å². The Kier molecular flexibility index (Phi) is 4.42. The van der Waals surface area contributed by atoms with Crippen molar-refractivity contribution in [2.75, 3.05) is 26.3 Å². The van der Waals surface area contributed by atoms with Gasteiger partial charge in [0.05, 0.1) is 12.2 Å². The van der Waals surface area contributed by atoms with E-state index >= 15 is 0 Å². The molecule has 0 aromatic heterocycles. The molecule has 0 aromatic carbocycles. The van der Waals surface area contributed by atoms with Crippen molar-refractivity contribution < 1.29 is 9.47 Å². The number of nitrogens with one attached hydrogen (secondary N) is 1. The minimum atomic E-state index is 0.435. The molecule has 0 bridgehead atoms. The van der Waals surface area contributed by atoms with Gasteiger partial charge in [0.2, 0.25) is 0 Å². The van der Waals surface area contributed by atoms with Gasteiger partial charge >= 0.3 is 0 Å². The Morgan fingerprint density at radius 2 is 2.00 bits per heavy atom. The highest BCUT2D eigenvalue weighted by Gasteiger charge is 2.24. The molecule has 0 radical (unpaired) electrons. The molecule has 15 heavy (non-hydrogen) atoms. The van der Waals surface area contributed by atoms with Gasteiger partial charge in [-0.05, 0) is 38.5 Å². The number of hydrogen-bond acceptors (Lipinski definition) is 3. The average molecular weight is 213 g/mol. The van der Waals surface area contributed by atoms with Gasteiger partial charge in [-0.1, -0.05) is 0 Å². The van der Waals surface area contributed by atoms with Gasteiger partial charge in [-0.2, -0.15) is 0 Å². The van der Waals surface area contributed by atoms with Crippen molar-refractivity contribution in [3.63, 3.8) is 0 Å². The summed E-state index contributed by atoms with van der Waals surface area (Å²) in [7, 11) is 0. The summed E-state index contributed by atoms with van der Waals surface area (Å²) in [5.41, 5.74) is 0. The molecule has 1 N–H and O–H groups in total. The number of rotatable bonds is 4. The SMILES string of the molecule is CC1OCCC1CNCC1CCCCO1. The van der Waals surface area contributed by atoms with Gasteiger partial charge in [0.25, 0.3) is 0 Å². The first-order chi connectivity index (χ1) is 7.36. The molecule has 2 aliphatic rings. The molecule has 3 unspecified atom stereocenters. The highest BCUT2D eigenvalue weighted by atomic mass is 16.5. The fourth-order valence-electron chi connectivity index (χ4n) is 2.44. The lowest BCUT2D eigenvalue weighted by molar-refractivity contribution is 0.0159. The summed E-state index contributed by atoms with van der Waals surface area (Å²) in [6.45, 7) is 6.17. The van der Waals surface area contributed by atoms with Crippen LogP contribution >= 0.6 is 0 Å². The zero-order valence-electron chi connectivity index (χ0n) is 9.71. The van der Waals surface area contributed by atoms with Crippen LogP contribution in [0.25, 0.3) is 0 Å². The third-order valence-corrected chi connectivity index (χ3v) is 3.59. The molecule has 0 saturated carbocycles. The molecule has 3 heteroatoms. The van der Waals surface area contributed by atoms with E-state index in [1.807, 2.05) is 0 Å². The van der Waals surface area contributed by atoms with Gasteiger partial charge in [0.1, 0.15) is 0 Å². The summed E-state index contributed by atoms with van der Waals surface area (Å²) in [5, 5.41) is 3.52. The first kappa shape index (κ1) is 11.4. The van der Waals surface area contributed by atoms with Crippen LogP contribution in [0.3, 0.4) is 0 Å². The minimum absolute atomic E-state index is 0.435. The zero-order valence-corrected chi connectivity index (χ0v) is 9.71. The molecular weight excluding hydrogens is 190 g/mol. The van der Waals surface area contributed by atoms with Crippen LogP contribution < -0.4 is 5.32 Å². The van der Waals surface area contributed by atoms with E-state index < -0.39 is 0 Å². The van der Waals surface area contributed by atoms with Crippen molar-refractivity contribution >= 4 is 0 Å². The molecule has 2 heterocycles. The van der Waals surface area contributed by atoms with Crippen LogP contribution in [0.4, 0.5) is 0 Å². The lowest BCUT2D eigenvalue weighted by atomic mass is 10.0. The van der Waals surface area contributed by atoms with Crippen LogP contribution in [0.5, 0.6) is 0 Å². The van der Waals surface area contributed by atoms with Crippen molar-refractivity contribution in [3.05, 3.63) is 0 Å². The van der Waals surface area contributed by atoms with E-state index in [1.54, 1.807) is 0 Å². The van der Waals surface area contributed by atoms with E-state index in [-0.39, 0.29) is 0 Å². The van der Waals surface area contributed by atoms with Crippen LogP contribution in [-0.4, -0.2) is 38.5 Å². The monoisotopic (exact) mass is 213 g/mol. The molecular formula is C12H23NO2. The van der Waals surface area contributed by atoms with Gasteiger partial charge in [-0.15, -0.1) is 0 Å². The van der Waals surface area contributed by atoms with E-state index in [4.69, 9.17) is 9.47 Å². The van der Waals surface area contributed by atoms with Crippen LogP contribution in [0, 0.1) is 5.92 Å². The summed E-state index contributed by atoms with van der Waals surface area (Å²) in [6.07, 6.45) is 5.89. The lowest BCUT2D eigenvalue weighted by Gasteiger charge is -2.24. The predicted octanol–water partition coefficient (Wildman–Crippen LogP) is 1.57. The zero-order chi connectivity index (χ0) is 10.5. The van der Waals surface area contributed by atoms with Crippen molar-refractivity contribution in [1.82, 2.24) is 5.32 Å². The average Bonchev–Trinajstić information content (AvgIpc) is 2.66. The fourth-order valence-corrected chi connectivity index (χ4v) is 2.44. The van der Waals surface area contributed by atoms with E-state index in [2.05, 4.69) is 12.2 Å². The Bertz CT molecular complexity index is 180. The largest absolute Gasteiger partial charge is 0.378 e. The molecule has 2 fully saturated rings. The van der Waals surface area contributed by atoms with E-state index in [1.165, 1.54) is 25.7 Å². The molecule has 0 amide bonds. The molecule has 3 atom stereocenters. The first-order valence-corrected chi connectivity index (χ1v) is 6.30. The van der Waals surface area contributed by atoms with Crippen molar-refractivity contribution in [2.45, 2.75) is 44.8 Å². The number of ether oxygens (including phenoxy) is 2.